The van der Waals surface area contributed by atoms with Crippen LogP contribution in [0.5, 0.6) is 6.01 Å². The van der Waals surface area contributed by atoms with Crippen molar-refractivity contribution < 1.29 is 19.1 Å². The number of ether oxygens (including phenoxy) is 2. The van der Waals surface area contributed by atoms with Gasteiger partial charge in [0.2, 0.25) is 0 Å². The molecule has 0 saturated heterocycles. The molecule has 0 aromatic carbocycles. The molecule has 0 atom stereocenters. The highest BCUT2D eigenvalue weighted by Gasteiger charge is 2.19. The summed E-state index contributed by atoms with van der Waals surface area (Å²) >= 11 is 0. The highest BCUT2D eigenvalue weighted by atomic mass is 16.7. The minimum atomic E-state index is -0.913. The van der Waals surface area contributed by atoms with Crippen LogP contribution in [0.1, 0.15) is 0 Å². The second kappa shape index (κ2) is 3.81. The van der Waals surface area contributed by atoms with E-state index in [1.165, 1.54) is 14.2 Å². The molecule has 0 bridgehead atoms. The Morgan fingerprint density at radius 3 is 2.36 bits per heavy atom. The van der Waals surface area contributed by atoms with E-state index in [9.17, 15) is 9.59 Å². The van der Waals surface area contributed by atoms with Gasteiger partial charge in [-0.1, -0.05) is 9.83 Å². The summed E-state index contributed by atoms with van der Waals surface area (Å²) in [6.45, 7) is 0. The van der Waals surface area contributed by atoms with E-state index < -0.39 is 11.8 Å². The van der Waals surface area contributed by atoms with Crippen LogP contribution in [-0.2, 0) is 4.74 Å². The van der Waals surface area contributed by atoms with E-state index in [4.69, 9.17) is 4.74 Å². The van der Waals surface area contributed by atoms with Gasteiger partial charge in [0.15, 0.2) is 0 Å². The Kier molecular flexibility index (Phi) is 2.75. The smallest absolute Gasteiger partial charge is 0.439 e. The molecule has 1 aromatic rings. The van der Waals surface area contributed by atoms with Gasteiger partial charge in [0, 0.05) is 0 Å². The zero-order valence-corrected chi connectivity index (χ0v) is 7.88. The molecule has 1 heterocycles. The summed E-state index contributed by atoms with van der Waals surface area (Å²) < 4.78 is 10.2. The van der Waals surface area contributed by atoms with Crippen LogP contribution in [0.4, 0.5) is 4.79 Å². The SMILES string of the molecule is COC(=O)n1nc(OC)n(OC)c1=O. The van der Waals surface area contributed by atoms with Crippen molar-refractivity contribution in [2.45, 2.75) is 0 Å². The number of methoxy groups -OCH3 is 2. The predicted octanol–water partition coefficient (Wildman–Crippen LogP) is -1.27. The highest BCUT2D eigenvalue weighted by molar-refractivity contribution is 5.68. The average molecular weight is 203 g/mol. The summed E-state index contributed by atoms with van der Waals surface area (Å²) in [5, 5.41) is 3.52. The molecule has 0 saturated carbocycles. The molecule has 8 nitrogen and oxygen atoms in total. The number of hydrogen-bond acceptors (Lipinski definition) is 6. The Balaban J connectivity index is 3.28. The van der Waals surface area contributed by atoms with Crippen molar-refractivity contribution in [2.24, 2.45) is 0 Å². The van der Waals surface area contributed by atoms with E-state index in [1.54, 1.807) is 0 Å². The standard InChI is InChI=1S/C6H9N3O5/c1-12-4-7-8(6(11)13-2)5(10)9(4)14-3/h1-3H3. The molecule has 0 radical (unpaired) electrons. The predicted molar refractivity (Wildman–Crippen MR) is 43.3 cm³/mol. The number of carbonyl (C=O) groups excluding carboxylic acids is 1. The lowest BCUT2D eigenvalue weighted by Gasteiger charge is -1.98. The quantitative estimate of drug-likeness (QED) is 0.595. The van der Waals surface area contributed by atoms with Crippen LogP contribution < -0.4 is 15.3 Å². The molecule has 1 rings (SSSR count). The maximum atomic E-state index is 11.3. The summed E-state index contributed by atoms with van der Waals surface area (Å²) in [7, 11) is 3.67. The van der Waals surface area contributed by atoms with E-state index in [0.29, 0.717) is 4.68 Å². The molecule has 0 unspecified atom stereocenters. The van der Waals surface area contributed by atoms with Crippen LogP contribution >= 0.6 is 0 Å². The van der Waals surface area contributed by atoms with Crippen molar-refractivity contribution in [3.63, 3.8) is 0 Å². The van der Waals surface area contributed by atoms with Gasteiger partial charge >= 0.3 is 17.8 Å². The lowest BCUT2D eigenvalue weighted by molar-refractivity contribution is 0.127. The van der Waals surface area contributed by atoms with Crippen molar-refractivity contribution in [3.05, 3.63) is 10.5 Å². The van der Waals surface area contributed by atoms with Crippen LogP contribution in [0.3, 0.4) is 0 Å². The summed E-state index contributed by atoms with van der Waals surface area (Å²) in [6, 6.07) is -0.136. The van der Waals surface area contributed by atoms with Crippen molar-refractivity contribution in [1.29, 1.82) is 0 Å². The lowest BCUT2D eigenvalue weighted by atomic mass is 11.0. The molecule has 14 heavy (non-hydrogen) atoms. The molecule has 0 amide bonds. The van der Waals surface area contributed by atoms with E-state index in [1.807, 2.05) is 0 Å². The van der Waals surface area contributed by atoms with Gasteiger partial charge in [-0.15, -0.1) is 4.68 Å². The average Bonchev–Trinajstić information content (AvgIpc) is 2.53. The number of carbonyl (C=O) groups is 1. The zero-order valence-electron chi connectivity index (χ0n) is 7.88. The van der Waals surface area contributed by atoms with E-state index in [-0.39, 0.29) is 6.01 Å². The molecule has 0 aliphatic heterocycles. The van der Waals surface area contributed by atoms with Gasteiger partial charge < -0.3 is 14.3 Å². The number of aromatic nitrogens is 3. The maximum absolute atomic E-state index is 11.3. The third-order valence-corrected chi connectivity index (χ3v) is 1.43. The topological polar surface area (TPSA) is 84.6 Å². The first-order valence-electron chi connectivity index (χ1n) is 3.54. The zero-order chi connectivity index (χ0) is 10.7. The molecule has 8 heteroatoms. The fraction of sp³-hybridized carbons (Fsp3) is 0.500. The minimum absolute atomic E-state index is 0.136. The highest BCUT2D eigenvalue weighted by Crippen LogP contribution is 1.99. The van der Waals surface area contributed by atoms with E-state index in [0.717, 1.165) is 11.8 Å². The Labute approximate surface area is 78.5 Å². The normalized spacial score (nSPS) is 9.64. The van der Waals surface area contributed by atoms with Crippen LogP contribution in [0, 0.1) is 0 Å². The van der Waals surface area contributed by atoms with Gasteiger partial charge in [-0.2, -0.15) is 0 Å². The van der Waals surface area contributed by atoms with Gasteiger partial charge in [-0.3, -0.25) is 0 Å². The molecular formula is C6H9N3O5. The summed E-state index contributed by atoms with van der Waals surface area (Å²) in [5.74, 6) is 0. The van der Waals surface area contributed by atoms with Crippen LogP contribution in [0.2, 0.25) is 0 Å². The molecule has 0 aliphatic rings. The van der Waals surface area contributed by atoms with Crippen molar-refractivity contribution in [3.8, 4) is 6.01 Å². The van der Waals surface area contributed by atoms with Crippen LogP contribution in [0.15, 0.2) is 4.79 Å². The van der Waals surface area contributed by atoms with Gasteiger partial charge in [0.1, 0.15) is 7.11 Å². The minimum Gasteiger partial charge on any atom is -0.465 e. The molecule has 0 N–H and O–H groups in total. The van der Waals surface area contributed by atoms with Crippen LogP contribution in [-0.4, -0.2) is 41.9 Å². The van der Waals surface area contributed by atoms with E-state index in [2.05, 4.69) is 14.7 Å². The number of nitrogens with zero attached hydrogens (tertiary/aromatic N) is 3. The van der Waals surface area contributed by atoms with Crippen molar-refractivity contribution in [1.82, 2.24) is 14.5 Å². The van der Waals surface area contributed by atoms with Gasteiger partial charge in [0.25, 0.3) is 0 Å². The van der Waals surface area contributed by atoms with E-state index >= 15 is 0 Å². The Morgan fingerprint density at radius 2 is 2.00 bits per heavy atom. The Hall–Kier alpha value is -1.99. The first-order valence-corrected chi connectivity index (χ1v) is 3.54. The Bertz CT molecular complexity index is 393. The Morgan fingerprint density at radius 1 is 1.36 bits per heavy atom. The first kappa shape index (κ1) is 10.1. The summed E-state index contributed by atoms with van der Waals surface area (Å²) in [4.78, 5) is 27.0. The van der Waals surface area contributed by atoms with Gasteiger partial charge in [-0.05, 0) is 0 Å². The third kappa shape index (κ3) is 1.41. The second-order valence-electron chi connectivity index (χ2n) is 2.13. The fourth-order valence-electron chi connectivity index (χ4n) is 0.822. The van der Waals surface area contributed by atoms with Crippen LogP contribution in [0.25, 0.3) is 0 Å². The molecule has 0 aliphatic carbocycles. The maximum Gasteiger partial charge on any atom is 0.439 e. The molecular weight excluding hydrogens is 194 g/mol. The number of hydrogen-bond donors (Lipinski definition) is 0. The first-order chi connectivity index (χ1) is 6.65. The third-order valence-electron chi connectivity index (χ3n) is 1.43. The molecule has 0 spiro atoms. The van der Waals surface area contributed by atoms with Crippen molar-refractivity contribution >= 4 is 6.09 Å². The van der Waals surface area contributed by atoms with Gasteiger partial charge in [-0.25, -0.2) is 9.59 Å². The summed E-state index contributed by atoms with van der Waals surface area (Å²) in [5.41, 5.74) is -0.795. The van der Waals surface area contributed by atoms with Gasteiger partial charge in [0.05, 0.1) is 14.2 Å². The largest absolute Gasteiger partial charge is 0.465 e. The lowest BCUT2D eigenvalue weighted by Crippen LogP contribution is -2.32. The summed E-state index contributed by atoms with van der Waals surface area (Å²) in [6.07, 6.45) is -0.913. The molecule has 78 valence electrons. The molecule has 0 fully saturated rings. The second-order valence-corrected chi connectivity index (χ2v) is 2.13. The monoisotopic (exact) mass is 203 g/mol. The van der Waals surface area contributed by atoms with Crippen molar-refractivity contribution in [2.75, 3.05) is 21.3 Å². The molecule has 1 aromatic heterocycles. The number of rotatable bonds is 2. The fourth-order valence-corrected chi connectivity index (χ4v) is 0.822.